The highest BCUT2D eigenvalue weighted by Gasteiger charge is 2.53. The monoisotopic (exact) mass is 276 g/mol. The van der Waals surface area contributed by atoms with Crippen LogP contribution in [0, 0.1) is 0 Å². The van der Waals surface area contributed by atoms with E-state index < -0.39 is 18.3 Å². The van der Waals surface area contributed by atoms with Crippen molar-refractivity contribution < 1.29 is 22.4 Å². The van der Waals surface area contributed by atoms with Crippen LogP contribution in [-0.4, -0.2) is 34.2 Å². The van der Waals surface area contributed by atoms with E-state index in [0.717, 1.165) is 4.90 Å². The Labute approximate surface area is 107 Å². The van der Waals surface area contributed by atoms with E-state index in [4.69, 9.17) is 0 Å². The van der Waals surface area contributed by atoms with Crippen molar-refractivity contribution in [3.05, 3.63) is 30.1 Å². The SMILES string of the molecule is O=C(N(Cc1ccccn1)C1CC1)C(F)(F)C(F)F. The van der Waals surface area contributed by atoms with Crippen LogP contribution in [-0.2, 0) is 11.3 Å². The van der Waals surface area contributed by atoms with Gasteiger partial charge in [0.15, 0.2) is 0 Å². The van der Waals surface area contributed by atoms with Gasteiger partial charge in [-0.05, 0) is 25.0 Å². The van der Waals surface area contributed by atoms with Gasteiger partial charge in [0.2, 0.25) is 0 Å². The molecule has 3 nitrogen and oxygen atoms in total. The molecule has 1 saturated carbocycles. The summed E-state index contributed by atoms with van der Waals surface area (Å²) in [6.07, 6.45) is -1.43. The molecule has 0 aliphatic heterocycles. The van der Waals surface area contributed by atoms with Gasteiger partial charge in [-0.15, -0.1) is 0 Å². The zero-order valence-corrected chi connectivity index (χ0v) is 9.90. The predicted molar refractivity (Wildman–Crippen MR) is 58.8 cm³/mol. The van der Waals surface area contributed by atoms with Gasteiger partial charge < -0.3 is 4.90 Å². The first-order valence-corrected chi connectivity index (χ1v) is 5.80. The number of amides is 1. The molecular weight excluding hydrogens is 264 g/mol. The summed E-state index contributed by atoms with van der Waals surface area (Å²) in [5.41, 5.74) is 0.396. The molecular formula is C12H12F4N2O. The zero-order chi connectivity index (χ0) is 14.0. The van der Waals surface area contributed by atoms with E-state index in [-0.39, 0.29) is 12.6 Å². The lowest BCUT2D eigenvalue weighted by molar-refractivity contribution is -0.181. The summed E-state index contributed by atoms with van der Waals surface area (Å²) in [7, 11) is 0. The Hall–Kier alpha value is -1.66. The number of carbonyl (C=O) groups excluding carboxylic acids is 1. The summed E-state index contributed by atoms with van der Waals surface area (Å²) in [6.45, 7) is -0.174. The molecule has 0 unspecified atom stereocenters. The molecule has 1 aromatic heterocycles. The van der Waals surface area contributed by atoms with Crippen molar-refractivity contribution in [1.82, 2.24) is 9.88 Å². The van der Waals surface area contributed by atoms with Gasteiger partial charge in [0.05, 0.1) is 12.2 Å². The maximum absolute atomic E-state index is 13.1. The Morgan fingerprint density at radius 3 is 2.58 bits per heavy atom. The molecule has 19 heavy (non-hydrogen) atoms. The van der Waals surface area contributed by atoms with Crippen LogP contribution >= 0.6 is 0 Å². The standard InChI is InChI=1S/C12H12F4N2O/c13-10(14)12(15,16)11(19)18(9-4-5-9)7-8-3-1-2-6-17-8/h1-3,6,9-10H,4-5,7H2. The molecule has 0 saturated heterocycles. The number of pyridine rings is 1. The van der Waals surface area contributed by atoms with Gasteiger partial charge in [0, 0.05) is 12.2 Å². The maximum Gasteiger partial charge on any atom is 0.383 e. The number of halogens is 4. The van der Waals surface area contributed by atoms with E-state index in [1.165, 1.54) is 6.20 Å². The average molecular weight is 276 g/mol. The van der Waals surface area contributed by atoms with Gasteiger partial charge in [-0.25, -0.2) is 8.78 Å². The number of hydrogen-bond donors (Lipinski definition) is 0. The fourth-order valence-electron chi connectivity index (χ4n) is 1.70. The minimum absolute atomic E-state index is 0.174. The summed E-state index contributed by atoms with van der Waals surface area (Å²) < 4.78 is 50.7. The predicted octanol–water partition coefficient (Wildman–Crippen LogP) is 2.47. The summed E-state index contributed by atoms with van der Waals surface area (Å²) in [6, 6.07) is 4.45. The van der Waals surface area contributed by atoms with Crippen LogP contribution in [0.3, 0.4) is 0 Å². The van der Waals surface area contributed by atoms with Crippen LogP contribution in [0.25, 0.3) is 0 Å². The molecule has 1 amide bonds. The van der Waals surface area contributed by atoms with Crippen molar-refractivity contribution in [3.8, 4) is 0 Å². The molecule has 0 aromatic carbocycles. The summed E-state index contributed by atoms with van der Waals surface area (Å²) in [5.74, 6) is -6.46. The van der Waals surface area contributed by atoms with Crippen LogP contribution in [0.5, 0.6) is 0 Å². The van der Waals surface area contributed by atoms with E-state index in [2.05, 4.69) is 4.98 Å². The Morgan fingerprint density at radius 1 is 1.42 bits per heavy atom. The molecule has 7 heteroatoms. The van der Waals surface area contributed by atoms with E-state index in [1.807, 2.05) is 0 Å². The zero-order valence-electron chi connectivity index (χ0n) is 9.90. The highest BCUT2D eigenvalue weighted by atomic mass is 19.3. The number of nitrogens with zero attached hydrogens (tertiary/aromatic N) is 2. The Balaban J connectivity index is 2.15. The topological polar surface area (TPSA) is 33.2 Å². The van der Waals surface area contributed by atoms with Gasteiger partial charge in [-0.2, -0.15) is 8.78 Å². The lowest BCUT2D eigenvalue weighted by Gasteiger charge is -2.26. The van der Waals surface area contributed by atoms with E-state index in [9.17, 15) is 22.4 Å². The van der Waals surface area contributed by atoms with Crippen LogP contribution in [0.1, 0.15) is 18.5 Å². The molecule has 2 rings (SSSR count). The molecule has 1 aliphatic rings. The quantitative estimate of drug-likeness (QED) is 0.774. The number of carbonyl (C=O) groups is 1. The first kappa shape index (κ1) is 13.8. The third-order valence-electron chi connectivity index (χ3n) is 2.87. The van der Waals surface area contributed by atoms with Crippen molar-refractivity contribution in [1.29, 1.82) is 0 Å². The summed E-state index contributed by atoms with van der Waals surface area (Å²) >= 11 is 0. The fourth-order valence-corrected chi connectivity index (χ4v) is 1.70. The molecule has 0 N–H and O–H groups in total. The van der Waals surface area contributed by atoms with Gasteiger partial charge in [-0.3, -0.25) is 9.78 Å². The largest absolute Gasteiger partial charge is 0.383 e. The van der Waals surface area contributed by atoms with Gasteiger partial charge in [-0.1, -0.05) is 6.07 Å². The second-order valence-electron chi connectivity index (χ2n) is 4.41. The molecule has 104 valence electrons. The second kappa shape index (κ2) is 5.14. The van der Waals surface area contributed by atoms with Gasteiger partial charge in [0.1, 0.15) is 0 Å². The summed E-state index contributed by atoms with van der Waals surface area (Å²) in [5, 5.41) is 0. The maximum atomic E-state index is 13.1. The third-order valence-corrected chi connectivity index (χ3v) is 2.87. The molecule has 0 spiro atoms. The lowest BCUT2D eigenvalue weighted by atomic mass is 10.2. The molecule has 0 bridgehead atoms. The van der Waals surface area contributed by atoms with Gasteiger partial charge in [0.25, 0.3) is 5.91 Å². The minimum Gasteiger partial charge on any atom is -0.328 e. The summed E-state index contributed by atoms with van der Waals surface area (Å²) in [4.78, 5) is 16.3. The molecule has 1 aliphatic carbocycles. The van der Waals surface area contributed by atoms with Crippen LogP contribution in [0.4, 0.5) is 17.6 Å². The number of alkyl halides is 4. The molecule has 0 radical (unpaired) electrons. The van der Waals surface area contributed by atoms with Crippen LogP contribution < -0.4 is 0 Å². The Bertz CT molecular complexity index is 448. The van der Waals surface area contributed by atoms with Gasteiger partial charge >= 0.3 is 12.3 Å². The van der Waals surface area contributed by atoms with Crippen molar-refractivity contribution >= 4 is 5.91 Å². The van der Waals surface area contributed by atoms with E-state index in [1.54, 1.807) is 18.2 Å². The van der Waals surface area contributed by atoms with E-state index in [0.29, 0.717) is 18.5 Å². The van der Waals surface area contributed by atoms with Crippen LogP contribution in [0.2, 0.25) is 0 Å². The number of aromatic nitrogens is 1. The normalized spacial score (nSPS) is 15.6. The number of hydrogen-bond acceptors (Lipinski definition) is 2. The molecule has 1 fully saturated rings. The second-order valence-corrected chi connectivity index (χ2v) is 4.41. The highest BCUT2D eigenvalue weighted by Crippen LogP contribution is 2.33. The first-order valence-electron chi connectivity index (χ1n) is 5.80. The van der Waals surface area contributed by atoms with Crippen LogP contribution in [0.15, 0.2) is 24.4 Å². The van der Waals surface area contributed by atoms with Crippen molar-refractivity contribution in [2.24, 2.45) is 0 Å². The van der Waals surface area contributed by atoms with E-state index >= 15 is 0 Å². The van der Waals surface area contributed by atoms with Crippen molar-refractivity contribution in [2.75, 3.05) is 0 Å². The molecule has 1 heterocycles. The van der Waals surface area contributed by atoms with Crippen molar-refractivity contribution in [2.45, 2.75) is 37.8 Å². The average Bonchev–Trinajstić information content (AvgIpc) is 3.20. The van der Waals surface area contributed by atoms with Crippen molar-refractivity contribution in [3.63, 3.8) is 0 Å². The highest BCUT2D eigenvalue weighted by molar-refractivity contribution is 5.84. The first-order chi connectivity index (χ1) is 8.93. The molecule has 0 atom stereocenters. The minimum atomic E-state index is -4.64. The lowest BCUT2D eigenvalue weighted by Crippen LogP contribution is -2.48. The smallest absolute Gasteiger partial charge is 0.328 e. The Kier molecular flexibility index (Phi) is 3.73. The fraction of sp³-hybridized carbons (Fsp3) is 0.500. The Morgan fingerprint density at radius 2 is 2.11 bits per heavy atom. The number of rotatable bonds is 5. The molecule has 1 aromatic rings. The third kappa shape index (κ3) is 3.02.